The van der Waals surface area contributed by atoms with E-state index in [0.29, 0.717) is 47.4 Å². The van der Waals surface area contributed by atoms with E-state index in [4.69, 9.17) is 4.74 Å². The average molecular weight is 443 g/mol. The quantitative estimate of drug-likeness (QED) is 0.466. The van der Waals surface area contributed by atoms with Crippen LogP contribution in [0.2, 0.25) is 0 Å². The fourth-order valence-electron chi connectivity index (χ4n) is 2.86. The minimum absolute atomic E-state index is 0.211. The van der Waals surface area contributed by atoms with Crippen molar-refractivity contribution in [2.24, 2.45) is 0 Å². The number of benzene rings is 2. The predicted octanol–water partition coefficient (Wildman–Crippen LogP) is 3.82. The molecule has 2 aromatic carbocycles. The van der Waals surface area contributed by atoms with Gasteiger partial charge in [-0.1, -0.05) is 35.6 Å². The van der Waals surface area contributed by atoms with Gasteiger partial charge in [-0.15, -0.1) is 10.2 Å². The number of hydrogen-bond acceptors (Lipinski definition) is 6. The van der Waals surface area contributed by atoms with Crippen molar-refractivity contribution in [3.8, 4) is 5.75 Å². The van der Waals surface area contributed by atoms with Gasteiger partial charge in [0.25, 0.3) is 5.91 Å². The van der Waals surface area contributed by atoms with Crippen LogP contribution in [0.15, 0.2) is 48.5 Å². The molecule has 162 valence electrons. The maximum absolute atomic E-state index is 13.3. The molecule has 0 saturated carbocycles. The maximum atomic E-state index is 13.3. The van der Waals surface area contributed by atoms with E-state index in [0.717, 1.165) is 5.56 Å². The molecule has 7 nitrogen and oxygen atoms in total. The molecule has 3 aromatic rings. The van der Waals surface area contributed by atoms with Crippen molar-refractivity contribution in [3.63, 3.8) is 0 Å². The van der Waals surface area contributed by atoms with Gasteiger partial charge in [-0.3, -0.25) is 9.59 Å². The van der Waals surface area contributed by atoms with Crippen molar-refractivity contribution in [3.05, 3.63) is 70.5 Å². The van der Waals surface area contributed by atoms with E-state index in [1.165, 1.54) is 23.5 Å². The SMILES string of the molecule is CCOc1ccccc1C(=O)NCCCC(=O)Nc1nnc(Cc2cccc(F)c2)s1. The van der Waals surface area contributed by atoms with Crippen LogP contribution in [0.5, 0.6) is 5.75 Å². The lowest BCUT2D eigenvalue weighted by Crippen LogP contribution is -2.26. The highest BCUT2D eigenvalue weighted by Gasteiger charge is 2.12. The Balaban J connectivity index is 1.41. The summed E-state index contributed by atoms with van der Waals surface area (Å²) in [6.07, 6.45) is 1.15. The smallest absolute Gasteiger partial charge is 0.255 e. The number of para-hydroxylation sites is 1. The molecule has 1 aromatic heterocycles. The van der Waals surface area contributed by atoms with Crippen LogP contribution in [0, 0.1) is 5.82 Å². The summed E-state index contributed by atoms with van der Waals surface area (Å²) in [5, 5.41) is 14.6. The summed E-state index contributed by atoms with van der Waals surface area (Å²) < 4.78 is 18.7. The Morgan fingerprint density at radius 3 is 2.77 bits per heavy atom. The molecule has 0 aliphatic rings. The molecule has 0 atom stereocenters. The van der Waals surface area contributed by atoms with E-state index in [2.05, 4.69) is 20.8 Å². The zero-order valence-corrected chi connectivity index (χ0v) is 17.9. The van der Waals surface area contributed by atoms with Crippen LogP contribution in [-0.2, 0) is 11.2 Å². The van der Waals surface area contributed by atoms with Gasteiger partial charge >= 0.3 is 0 Å². The molecule has 0 saturated heterocycles. The monoisotopic (exact) mass is 442 g/mol. The molecule has 0 fully saturated rings. The van der Waals surface area contributed by atoms with Gasteiger partial charge in [0, 0.05) is 19.4 Å². The first-order valence-electron chi connectivity index (χ1n) is 9.92. The lowest BCUT2D eigenvalue weighted by Gasteiger charge is -2.10. The number of carbonyl (C=O) groups is 2. The number of ether oxygens (including phenoxy) is 1. The number of anilines is 1. The third-order valence-corrected chi connectivity index (χ3v) is 5.09. The van der Waals surface area contributed by atoms with Gasteiger partial charge in [0.1, 0.15) is 16.6 Å². The van der Waals surface area contributed by atoms with Crippen molar-refractivity contribution >= 4 is 28.3 Å². The van der Waals surface area contributed by atoms with E-state index in [1.807, 2.05) is 19.1 Å². The molecule has 0 aliphatic carbocycles. The van der Waals surface area contributed by atoms with Crippen molar-refractivity contribution in [2.45, 2.75) is 26.2 Å². The van der Waals surface area contributed by atoms with Crippen LogP contribution in [0.3, 0.4) is 0 Å². The number of rotatable bonds is 10. The molecule has 1 heterocycles. The molecule has 2 N–H and O–H groups in total. The van der Waals surface area contributed by atoms with Gasteiger partial charge in [0.2, 0.25) is 11.0 Å². The number of nitrogens with one attached hydrogen (secondary N) is 2. The van der Waals surface area contributed by atoms with Crippen LogP contribution in [0.4, 0.5) is 9.52 Å². The fourth-order valence-corrected chi connectivity index (χ4v) is 3.65. The second-order valence-electron chi connectivity index (χ2n) is 6.64. The van der Waals surface area contributed by atoms with Gasteiger partial charge in [-0.05, 0) is 43.2 Å². The third-order valence-electron chi connectivity index (χ3n) is 4.26. The van der Waals surface area contributed by atoms with Gasteiger partial charge in [0.15, 0.2) is 0 Å². The molecule has 9 heteroatoms. The Hall–Kier alpha value is -3.33. The van der Waals surface area contributed by atoms with Crippen LogP contribution in [0.1, 0.15) is 40.7 Å². The Bertz CT molecular complexity index is 1040. The molecular weight excluding hydrogens is 419 g/mol. The summed E-state index contributed by atoms with van der Waals surface area (Å²) >= 11 is 1.25. The van der Waals surface area contributed by atoms with E-state index in [1.54, 1.807) is 24.3 Å². The van der Waals surface area contributed by atoms with Crippen LogP contribution < -0.4 is 15.4 Å². The number of hydrogen-bond donors (Lipinski definition) is 2. The normalized spacial score (nSPS) is 10.5. The molecule has 0 bridgehead atoms. The lowest BCUT2D eigenvalue weighted by atomic mass is 10.1. The molecule has 0 spiro atoms. The largest absolute Gasteiger partial charge is 0.493 e. The predicted molar refractivity (Wildman–Crippen MR) is 117 cm³/mol. The highest BCUT2D eigenvalue weighted by Crippen LogP contribution is 2.20. The zero-order chi connectivity index (χ0) is 22.1. The van der Waals surface area contributed by atoms with Crippen molar-refractivity contribution in [1.82, 2.24) is 15.5 Å². The number of nitrogens with zero attached hydrogens (tertiary/aromatic N) is 2. The van der Waals surface area contributed by atoms with Crippen LogP contribution >= 0.6 is 11.3 Å². The molecule has 2 amide bonds. The van der Waals surface area contributed by atoms with Crippen LogP contribution in [0.25, 0.3) is 0 Å². The molecular formula is C22H23FN4O3S. The number of aromatic nitrogens is 2. The summed E-state index contributed by atoms with van der Waals surface area (Å²) in [7, 11) is 0. The van der Waals surface area contributed by atoms with E-state index in [9.17, 15) is 14.0 Å². The molecule has 0 radical (unpaired) electrons. The Morgan fingerprint density at radius 2 is 1.97 bits per heavy atom. The van der Waals surface area contributed by atoms with Crippen molar-refractivity contribution in [2.75, 3.05) is 18.5 Å². The van der Waals surface area contributed by atoms with Gasteiger partial charge in [-0.25, -0.2) is 4.39 Å². The first-order valence-corrected chi connectivity index (χ1v) is 10.7. The van der Waals surface area contributed by atoms with Crippen molar-refractivity contribution in [1.29, 1.82) is 0 Å². The Kier molecular flexibility index (Phi) is 8.05. The molecule has 0 aliphatic heterocycles. The van der Waals surface area contributed by atoms with Crippen molar-refractivity contribution < 1.29 is 18.7 Å². The van der Waals surface area contributed by atoms with Gasteiger partial charge in [-0.2, -0.15) is 0 Å². The molecule has 0 unspecified atom stereocenters. The fraction of sp³-hybridized carbons (Fsp3) is 0.273. The summed E-state index contributed by atoms with van der Waals surface area (Å²) in [5.41, 5.74) is 1.25. The minimum atomic E-state index is -0.302. The highest BCUT2D eigenvalue weighted by molar-refractivity contribution is 7.15. The highest BCUT2D eigenvalue weighted by atomic mass is 32.1. The molecule has 3 rings (SSSR count). The average Bonchev–Trinajstić information content (AvgIpc) is 3.18. The second-order valence-corrected chi connectivity index (χ2v) is 7.71. The van der Waals surface area contributed by atoms with Crippen LogP contribution in [-0.4, -0.2) is 35.2 Å². The Morgan fingerprint density at radius 1 is 1.13 bits per heavy atom. The van der Waals surface area contributed by atoms with Gasteiger partial charge in [0.05, 0.1) is 12.2 Å². The summed E-state index contributed by atoms with van der Waals surface area (Å²) in [6, 6.07) is 13.3. The minimum Gasteiger partial charge on any atom is -0.493 e. The lowest BCUT2D eigenvalue weighted by molar-refractivity contribution is -0.116. The zero-order valence-electron chi connectivity index (χ0n) is 17.1. The topological polar surface area (TPSA) is 93.2 Å². The first-order chi connectivity index (χ1) is 15.0. The standard InChI is InChI=1S/C22H23FN4O3S/c1-2-30-18-10-4-3-9-17(18)21(29)24-12-6-11-19(28)25-22-27-26-20(31-22)14-15-7-5-8-16(23)13-15/h3-5,7-10,13H,2,6,11-12,14H2,1H3,(H,24,29)(H,25,27,28). The third kappa shape index (κ3) is 6.85. The first kappa shape index (κ1) is 22.4. The maximum Gasteiger partial charge on any atom is 0.255 e. The van der Waals surface area contributed by atoms with Gasteiger partial charge < -0.3 is 15.4 Å². The Labute approximate surface area is 183 Å². The second kappa shape index (κ2) is 11.2. The summed E-state index contributed by atoms with van der Waals surface area (Å²) in [6.45, 7) is 2.68. The summed E-state index contributed by atoms with van der Waals surface area (Å²) in [5.74, 6) is -0.220. The number of amides is 2. The van der Waals surface area contributed by atoms with E-state index >= 15 is 0 Å². The molecule has 31 heavy (non-hydrogen) atoms. The number of halogens is 1. The number of carbonyl (C=O) groups excluding carboxylic acids is 2. The summed E-state index contributed by atoms with van der Waals surface area (Å²) in [4.78, 5) is 24.4. The van der Waals surface area contributed by atoms with E-state index in [-0.39, 0.29) is 24.1 Å². The van der Waals surface area contributed by atoms with E-state index < -0.39 is 0 Å².